The fourth-order valence-electron chi connectivity index (χ4n) is 3.09. The van der Waals surface area contributed by atoms with Gasteiger partial charge in [-0.2, -0.15) is 8.42 Å². The van der Waals surface area contributed by atoms with E-state index < -0.39 is 22.0 Å². The van der Waals surface area contributed by atoms with Crippen LogP contribution < -0.4 is 0 Å². The molecule has 7 nitrogen and oxygen atoms in total. The minimum atomic E-state index is -4.20. The molecule has 1 aromatic carbocycles. The number of hydrogen-bond donors (Lipinski definition) is 0. The summed E-state index contributed by atoms with van der Waals surface area (Å²) in [6.45, 7) is 6.49. The molecule has 0 saturated carbocycles. The molecule has 1 aliphatic heterocycles. The molecule has 0 radical (unpaired) electrons. The highest BCUT2D eigenvalue weighted by molar-refractivity contribution is 9.10. The Balaban J connectivity index is 1.70. The zero-order valence-electron chi connectivity index (χ0n) is 16.5. The highest BCUT2D eigenvalue weighted by Gasteiger charge is 2.37. The number of rotatable bonds is 4. The zero-order chi connectivity index (χ0) is 21.2. The molecule has 2 atom stereocenters. The summed E-state index contributed by atoms with van der Waals surface area (Å²) in [7, 11) is -4.20. The summed E-state index contributed by atoms with van der Waals surface area (Å²) < 4.78 is 36.4. The molecule has 1 aromatic heterocycles. The van der Waals surface area contributed by atoms with E-state index in [0.717, 1.165) is 0 Å². The summed E-state index contributed by atoms with van der Waals surface area (Å²) in [6.07, 6.45) is 3.90. The Morgan fingerprint density at radius 3 is 2.45 bits per heavy atom. The number of benzene rings is 1. The molecule has 1 fully saturated rings. The number of hydrogen-bond acceptors (Lipinski definition) is 7. The van der Waals surface area contributed by atoms with Crippen LogP contribution in [0.1, 0.15) is 33.6 Å². The van der Waals surface area contributed by atoms with Gasteiger partial charge in [0.05, 0.1) is 30.1 Å². The Kier molecular flexibility index (Phi) is 6.40. The maximum atomic E-state index is 12.5. The lowest BCUT2D eigenvalue weighted by Crippen LogP contribution is -2.39. The fraction of sp³-hybridized carbons (Fsp3) is 0.450. The van der Waals surface area contributed by atoms with Gasteiger partial charge in [-0.15, -0.1) is 0 Å². The van der Waals surface area contributed by atoms with Crippen molar-refractivity contribution in [1.29, 1.82) is 0 Å². The first-order valence-electron chi connectivity index (χ1n) is 9.24. The van der Waals surface area contributed by atoms with E-state index in [-0.39, 0.29) is 16.4 Å². The van der Waals surface area contributed by atoms with Crippen LogP contribution >= 0.6 is 15.9 Å². The van der Waals surface area contributed by atoms with Crippen LogP contribution in [0.25, 0.3) is 11.3 Å². The van der Waals surface area contributed by atoms with E-state index in [1.807, 2.05) is 20.8 Å². The number of carbonyl (C=O) groups excluding carboxylic acids is 1. The Labute approximate surface area is 179 Å². The number of halogens is 1. The number of aromatic nitrogens is 2. The van der Waals surface area contributed by atoms with Crippen LogP contribution in [0.3, 0.4) is 0 Å². The predicted octanol–water partition coefficient (Wildman–Crippen LogP) is 3.98. The van der Waals surface area contributed by atoms with Crippen molar-refractivity contribution in [2.45, 2.75) is 44.6 Å². The fourth-order valence-corrected chi connectivity index (χ4v) is 4.22. The molecule has 0 bridgehead atoms. The average Bonchev–Trinajstić information content (AvgIpc) is 2.68. The Morgan fingerprint density at radius 1 is 1.17 bits per heavy atom. The highest BCUT2D eigenvalue weighted by Crippen LogP contribution is 2.33. The molecule has 0 aliphatic carbocycles. The van der Waals surface area contributed by atoms with Gasteiger partial charge in [0.1, 0.15) is 9.50 Å². The number of carbonyl (C=O) groups is 1. The molecule has 9 heteroatoms. The van der Waals surface area contributed by atoms with Crippen LogP contribution in [0, 0.1) is 11.3 Å². The third-order valence-corrected chi connectivity index (χ3v) is 6.48. The van der Waals surface area contributed by atoms with Crippen molar-refractivity contribution in [2.75, 3.05) is 6.61 Å². The summed E-state index contributed by atoms with van der Waals surface area (Å²) in [6, 6.07) is 5.98. The van der Waals surface area contributed by atoms with E-state index in [2.05, 4.69) is 25.9 Å². The summed E-state index contributed by atoms with van der Waals surface area (Å²) in [5.74, 6) is -1.23. The quantitative estimate of drug-likeness (QED) is 0.607. The molecule has 1 saturated heterocycles. The Hall–Kier alpha value is -1.84. The van der Waals surface area contributed by atoms with Gasteiger partial charge in [-0.1, -0.05) is 32.9 Å². The van der Waals surface area contributed by atoms with E-state index in [1.165, 1.54) is 12.1 Å². The summed E-state index contributed by atoms with van der Waals surface area (Å²) in [4.78, 5) is 20.7. The summed E-state index contributed by atoms with van der Waals surface area (Å²) >= 11 is 3.22. The second kappa shape index (κ2) is 8.49. The van der Waals surface area contributed by atoms with Gasteiger partial charge in [-0.3, -0.25) is 9.78 Å². The largest absolute Gasteiger partial charge is 0.378 e. The molecule has 0 N–H and O–H groups in total. The molecule has 0 amide bonds. The van der Waals surface area contributed by atoms with Crippen LogP contribution in [-0.4, -0.2) is 37.1 Å². The van der Waals surface area contributed by atoms with Crippen molar-refractivity contribution >= 4 is 32.0 Å². The second-order valence-corrected chi connectivity index (χ2v) is 10.4. The van der Waals surface area contributed by atoms with Gasteiger partial charge < -0.3 is 8.92 Å². The first kappa shape index (κ1) is 21.9. The van der Waals surface area contributed by atoms with E-state index in [1.54, 1.807) is 24.5 Å². The van der Waals surface area contributed by atoms with Gasteiger partial charge in [0.25, 0.3) is 0 Å². The minimum absolute atomic E-state index is 0.0842. The smallest absolute Gasteiger partial charge is 0.341 e. The normalized spacial score (nSPS) is 20.3. The molecule has 29 heavy (non-hydrogen) atoms. The molecule has 2 heterocycles. The van der Waals surface area contributed by atoms with Gasteiger partial charge in [-0.25, -0.2) is 4.98 Å². The third-order valence-electron chi connectivity index (χ3n) is 4.83. The van der Waals surface area contributed by atoms with E-state index in [9.17, 15) is 13.2 Å². The third kappa shape index (κ3) is 5.40. The minimum Gasteiger partial charge on any atom is -0.378 e. The Bertz CT molecular complexity index is 969. The number of nitrogens with zero attached hydrogens (tertiary/aromatic N) is 2. The van der Waals surface area contributed by atoms with Crippen molar-refractivity contribution in [1.82, 2.24) is 9.97 Å². The lowest BCUT2D eigenvalue weighted by molar-refractivity contribution is -0.146. The van der Waals surface area contributed by atoms with Crippen LogP contribution in [0.5, 0.6) is 0 Å². The van der Waals surface area contributed by atoms with Crippen LogP contribution in [-0.2, 0) is 23.8 Å². The molecular formula is C20H23BrN2O5S. The molecular weight excluding hydrogens is 460 g/mol. The van der Waals surface area contributed by atoms with Crippen molar-refractivity contribution in [3.63, 3.8) is 0 Å². The molecule has 2 aromatic rings. The molecule has 3 rings (SSSR count). The second-order valence-electron chi connectivity index (χ2n) is 8.05. The maximum absolute atomic E-state index is 12.5. The first-order chi connectivity index (χ1) is 13.6. The van der Waals surface area contributed by atoms with Gasteiger partial charge in [0.2, 0.25) is 0 Å². The lowest BCUT2D eigenvalue weighted by atomic mass is 9.81. The zero-order valence-corrected chi connectivity index (χ0v) is 18.9. The molecule has 156 valence electrons. The van der Waals surface area contributed by atoms with Crippen molar-refractivity contribution in [3.05, 3.63) is 41.3 Å². The average molecular weight is 483 g/mol. The van der Waals surface area contributed by atoms with Crippen LogP contribution in [0.4, 0.5) is 0 Å². The lowest BCUT2D eigenvalue weighted by Gasteiger charge is -2.36. The summed E-state index contributed by atoms with van der Waals surface area (Å²) in [5.41, 5.74) is 1.17. The monoisotopic (exact) mass is 482 g/mol. The Morgan fingerprint density at radius 2 is 1.86 bits per heavy atom. The molecule has 1 aliphatic rings. The van der Waals surface area contributed by atoms with E-state index in [0.29, 0.717) is 35.3 Å². The SMILES string of the molecule is CC(C)(C)C1CC(C(=O)OS(=O)(=O)c2ccc(-c3cnc(Br)cn3)cc2)CCO1. The van der Waals surface area contributed by atoms with Crippen LogP contribution in [0.15, 0.2) is 46.2 Å². The standard InChI is InChI=1S/C20H23BrN2O5S/c1-20(2,3)17-10-14(8-9-27-17)19(24)28-29(25,26)15-6-4-13(5-7-15)16-11-23-18(21)12-22-16/h4-7,11-12,14,17H,8-10H2,1-3H3. The van der Waals surface area contributed by atoms with Gasteiger partial charge in [0.15, 0.2) is 0 Å². The van der Waals surface area contributed by atoms with Crippen molar-refractivity contribution in [3.8, 4) is 11.3 Å². The molecule has 0 spiro atoms. The first-order valence-corrected chi connectivity index (χ1v) is 11.4. The number of ether oxygens (including phenoxy) is 1. The van der Waals surface area contributed by atoms with Crippen molar-refractivity contribution < 1.29 is 22.1 Å². The van der Waals surface area contributed by atoms with Gasteiger partial charge in [-0.05, 0) is 46.3 Å². The van der Waals surface area contributed by atoms with Gasteiger partial charge in [0, 0.05) is 12.2 Å². The molecule has 2 unspecified atom stereocenters. The maximum Gasteiger partial charge on any atom is 0.341 e. The van der Waals surface area contributed by atoms with Gasteiger partial charge >= 0.3 is 16.1 Å². The predicted molar refractivity (Wildman–Crippen MR) is 110 cm³/mol. The van der Waals surface area contributed by atoms with E-state index >= 15 is 0 Å². The summed E-state index contributed by atoms with van der Waals surface area (Å²) in [5, 5.41) is 0. The van der Waals surface area contributed by atoms with Crippen molar-refractivity contribution in [2.24, 2.45) is 11.3 Å². The highest BCUT2D eigenvalue weighted by atomic mass is 79.9. The van der Waals surface area contributed by atoms with E-state index in [4.69, 9.17) is 8.92 Å². The van der Waals surface area contributed by atoms with Crippen LogP contribution in [0.2, 0.25) is 0 Å². The topological polar surface area (TPSA) is 95.5 Å².